The van der Waals surface area contributed by atoms with Gasteiger partial charge in [-0.25, -0.2) is 0 Å². The summed E-state index contributed by atoms with van der Waals surface area (Å²) in [5.74, 6) is 1.22. The summed E-state index contributed by atoms with van der Waals surface area (Å²) in [5.41, 5.74) is 2.40. The molecule has 0 saturated heterocycles. The first kappa shape index (κ1) is 20.9. The molecule has 0 aliphatic heterocycles. The molecule has 1 atom stereocenters. The van der Waals surface area contributed by atoms with Gasteiger partial charge in [0, 0.05) is 23.2 Å². The zero-order chi connectivity index (χ0) is 21.5. The Morgan fingerprint density at radius 3 is 2.70 bits per heavy atom. The highest BCUT2D eigenvalue weighted by atomic mass is 35.5. The van der Waals surface area contributed by atoms with E-state index in [2.05, 4.69) is 36.3 Å². The van der Waals surface area contributed by atoms with Crippen molar-refractivity contribution in [1.29, 1.82) is 0 Å². The Kier molecular flexibility index (Phi) is 5.64. The van der Waals surface area contributed by atoms with E-state index in [1.54, 1.807) is 10.9 Å². The second kappa shape index (κ2) is 8.08. The van der Waals surface area contributed by atoms with Crippen molar-refractivity contribution < 1.29 is 9.32 Å². The number of carbonyl (C=O) groups excluding carboxylic acids is 1. The van der Waals surface area contributed by atoms with E-state index in [1.165, 1.54) is 0 Å². The smallest absolute Gasteiger partial charge is 0.279 e. The predicted molar refractivity (Wildman–Crippen MR) is 117 cm³/mol. The van der Waals surface area contributed by atoms with Crippen LogP contribution in [0, 0.1) is 11.3 Å². The Morgan fingerprint density at radius 1 is 1.27 bits per heavy atom. The second-order valence-electron chi connectivity index (χ2n) is 8.84. The summed E-state index contributed by atoms with van der Waals surface area (Å²) in [6, 6.07) is 7.49. The molecule has 0 fully saturated rings. The second-order valence-corrected chi connectivity index (χ2v) is 9.69. The Morgan fingerprint density at radius 2 is 2.00 bits per heavy atom. The van der Waals surface area contributed by atoms with E-state index >= 15 is 0 Å². The number of fused-ring (bicyclic) bond motifs is 1. The molecule has 1 aromatic carbocycles. The van der Waals surface area contributed by atoms with Crippen molar-refractivity contribution in [1.82, 2.24) is 14.9 Å². The van der Waals surface area contributed by atoms with Crippen LogP contribution in [0.4, 0.5) is 5.82 Å². The van der Waals surface area contributed by atoms with E-state index in [4.69, 9.17) is 27.7 Å². The van der Waals surface area contributed by atoms with Gasteiger partial charge in [-0.3, -0.25) is 9.48 Å². The van der Waals surface area contributed by atoms with Crippen molar-refractivity contribution in [2.45, 2.75) is 46.6 Å². The Balaban J connectivity index is 1.50. The summed E-state index contributed by atoms with van der Waals surface area (Å²) in [6.45, 7) is 7.19. The van der Waals surface area contributed by atoms with Gasteiger partial charge >= 0.3 is 0 Å². The highest BCUT2D eigenvalue weighted by Gasteiger charge is 2.34. The van der Waals surface area contributed by atoms with Gasteiger partial charge in [-0.05, 0) is 41.9 Å². The fourth-order valence-corrected chi connectivity index (χ4v) is 4.15. The molecule has 1 N–H and O–H groups in total. The average Bonchev–Trinajstić information content (AvgIpc) is 3.26. The lowest BCUT2D eigenvalue weighted by Gasteiger charge is -2.33. The van der Waals surface area contributed by atoms with Gasteiger partial charge in [0.15, 0.2) is 11.5 Å². The van der Waals surface area contributed by atoms with E-state index < -0.39 is 0 Å². The van der Waals surface area contributed by atoms with Gasteiger partial charge in [0.1, 0.15) is 10.8 Å². The van der Waals surface area contributed by atoms with Gasteiger partial charge in [0.05, 0.1) is 6.54 Å². The number of nitrogens with zero attached hydrogens (tertiary/aromatic N) is 3. The number of nitrogens with one attached hydrogen (secondary N) is 1. The minimum Gasteiger partial charge on any atom is -0.360 e. The summed E-state index contributed by atoms with van der Waals surface area (Å²) in [4.78, 5) is 12.9. The maximum atomic E-state index is 12.9. The summed E-state index contributed by atoms with van der Waals surface area (Å²) in [6.07, 6.45) is 4.30. The van der Waals surface area contributed by atoms with E-state index in [-0.39, 0.29) is 11.3 Å². The fourth-order valence-electron chi connectivity index (χ4n) is 3.83. The standard InChI is InChI=1S/C22H24Cl2N4O2/c1-22(2,3)14-6-9-18-16(10-14)19(27-30-18)21(29)25-20-17(24)12-28(26-20)11-13-4-7-15(23)8-5-13/h4-5,7-8,12,14H,6,9-11H2,1-3H3,(H,25,26,29). The molecule has 158 valence electrons. The van der Waals surface area contributed by atoms with Gasteiger partial charge in [-0.1, -0.05) is 61.3 Å². The third-order valence-corrected chi connectivity index (χ3v) is 6.22. The van der Waals surface area contributed by atoms with Crippen molar-refractivity contribution >= 4 is 34.9 Å². The lowest BCUT2D eigenvalue weighted by atomic mass is 9.71. The van der Waals surface area contributed by atoms with Crippen molar-refractivity contribution in [2.75, 3.05) is 5.32 Å². The number of rotatable bonds is 4. The molecule has 1 amide bonds. The third kappa shape index (κ3) is 4.40. The number of hydrogen-bond acceptors (Lipinski definition) is 4. The summed E-state index contributed by atoms with van der Waals surface area (Å²) in [7, 11) is 0. The quantitative estimate of drug-likeness (QED) is 0.563. The highest BCUT2D eigenvalue weighted by molar-refractivity contribution is 6.33. The molecule has 2 heterocycles. The predicted octanol–water partition coefficient (Wildman–Crippen LogP) is 5.63. The summed E-state index contributed by atoms with van der Waals surface area (Å²) >= 11 is 12.2. The Bertz CT molecular complexity index is 1060. The van der Waals surface area contributed by atoms with Crippen LogP contribution in [-0.2, 0) is 19.4 Å². The molecular formula is C22H24Cl2N4O2. The van der Waals surface area contributed by atoms with Crippen molar-refractivity contribution in [2.24, 2.45) is 11.3 Å². The largest absolute Gasteiger partial charge is 0.360 e. The number of aryl methyl sites for hydroxylation is 1. The molecular weight excluding hydrogens is 423 g/mol. The van der Waals surface area contributed by atoms with Crippen molar-refractivity contribution in [3.8, 4) is 0 Å². The maximum absolute atomic E-state index is 12.9. The number of benzene rings is 1. The monoisotopic (exact) mass is 446 g/mol. The molecule has 1 unspecified atom stereocenters. The van der Waals surface area contributed by atoms with Crippen LogP contribution in [0.3, 0.4) is 0 Å². The van der Waals surface area contributed by atoms with E-state index in [0.29, 0.717) is 34.0 Å². The summed E-state index contributed by atoms with van der Waals surface area (Å²) in [5, 5.41) is 12.3. The number of carbonyl (C=O) groups is 1. The van der Waals surface area contributed by atoms with E-state index in [0.717, 1.165) is 36.1 Å². The Labute approximate surface area is 185 Å². The lowest BCUT2D eigenvalue weighted by Crippen LogP contribution is -2.27. The van der Waals surface area contributed by atoms with Crippen molar-refractivity contribution in [3.63, 3.8) is 0 Å². The molecule has 1 aliphatic rings. The molecule has 1 aliphatic carbocycles. The van der Waals surface area contributed by atoms with Crippen molar-refractivity contribution in [3.05, 3.63) is 63.1 Å². The first-order chi connectivity index (χ1) is 14.2. The molecule has 0 bridgehead atoms. The molecule has 0 saturated carbocycles. The van der Waals surface area contributed by atoms with Crippen LogP contribution in [0.25, 0.3) is 0 Å². The van der Waals surface area contributed by atoms with Gasteiger partial charge in [-0.15, -0.1) is 0 Å². The van der Waals surface area contributed by atoms with Crippen LogP contribution in [0.5, 0.6) is 0 Å². The Hall–Kier alpha value is -2.31. The average molecular weight is 447 g/mol. The number of aromatic nitrogens is 3. The van der Waals surface area contributed by atoms with E-state index in [1.807, 2.05) is 24.3 Å². The molecule has 0 radical (unpaired) electrons. The number of anilines is 1. The third-order valence-electron chi connectivity index (χ3n) is 5.69. The SMILES string of the molecule is CC(C)(C)C1CCc2onc(C(=O)Nc3nn(Cc4ccc(Cl)cc4)cc3Cl)c2C1. The molecule has 4 rings (SSSR count). The minimum atomic E-state index is -0.354. The maximum Gasteiger partial charge on any atom is 0.279 e. The molecule has 8 heteroatoms. The number of halogens is 2. The van der Waals surface area contributed by atoms with Crippen LogP contribution in [0.1, 0.15) is 54.6 Å². The zero-order valence-electron chi connectivity index (χ0n) is 17.2. The summed E-state index contributed by atoms with van der Waals surface area (Å²) < 4.78 is 7.13. The molecule has 3 aromatic rings. The van der Waals surface area contributed by atoms with Crippen LogP contribution in [0.2, 0.25) is 10.0 Å². The van der Waals surface area contributed by atoms with Gasteiger partial charge < -0.3 is 9.84 Å². The zero-order valence-corrected chi connectivity index (χ0v) is 18.7. The topological polar surface area (TPSA) is 73.0 Å². The number of hydrogen-bond donors (Lipinski definition) is 1. The molecule has 6 nitrogen and oxygen atoms in total. The van der Waals surface area contributed by atoms with Crippen LogP contribution in [-0.4, -0.2) is 20.8 Å². The highest BCUT2D eigenvalue weighted by Crippen LogP contribution is 2.38. The number of amides is 1. The van der Waals surface area contributed by atoms with E-state index in [9.17, 15) is 4.79 Å². The van der Waals surface area contributed by atoms with Gasteiger partial charge in [0.2, 0.25) is 0 Å². The van der Waals surface area contributed by atoms with Crippen LogP contribution in [0.15, 0.2) is 35.0 Å². The van der Waals surface area contributed by atoms with Crippen LogP contribution < -0.4 is 5.32 Å². The first-order valence-electron chi connectivity index (χ1n) is 9.97. The molecule has 30 heavy (non-hydrogen) atoms. The minimum absolute atomic E-state index is 0.159. The fraction of sp³-hybridized carbons (Fsp3) is 0.409. The molecule has 2 aromatic heterocycles. The van der Waals surface area contributed by atoms with Gasteiger partial charge in [-0.2, -0.15) is 5.10 Å². The van der Waals surface area contributed by atoms with Crippen LogP contribution >= 0.6 is 23.2 Å². The lowest BCUT2D eigenvalue weighted by molar-refractivity contribution is 0.101. The first-order valence-corrected chi connectivity index (χ1v) is 10.7. The van der Waals surface area contributed by atoms with Gasteiger partial charge in [0.25, 0.3) is 5.91 Å². The molecule has 0 spiro atoms. The normalized spacial score (nSPS) is 16.4.